The van der Waals surface area contributed by atoms with Crippen molar-refractivity contribution < 1.29 is 17.9 Å². The SMILES string of the molecule is Cc1ccc(S(=O)(=O)n2cc(C3CC3)c3c(N4CCN(C(=O)OC(C)(C)C)C5(CC5)C4)ncnc32)cc1. The average Bonchev–Trinajstić information content (AvgIpc) is 3.77. The largest absolute Gasteiger partial charge is 0.444 e. The molecular formula is C27H33N5O4S. The number of nitrogens with zero attached hydrogens (tertiary/aromatic N) is 5. The monoisotopic (exact) mass is 523 g/mol. The van der Waals surface area contributed by atoms with Crippen LogP contribution in [0.2, 0.25) is 0 Å². The summed E-state index contributed by atoms with van der Waals surface area (Å²) in [6.07, 6.45) is 6.80. The van der Waals surface area contributed by atoms with Crippen LogP contribution in [-0.2, 0) is 14.8 Å². The molecule has 0 radical (unpaired) electrons. The summed E-state index contributed by atoms with van der Waals surface area (Å²) < 4.78 is 34.4. The molecule has 2 saturated carbocycles. The van der Waals surface area contributed by atoms with Crippen LogP contribution in [0, 0.1) is 6.92 Å². The summed E-state index contributed by atoms with van der Waals surface area (Å²) in [7, 11) is -3.82. The Morgan fingerprint density at radius 3 is 2.41 bits per heavy atom. The Hall–Kier alpha value is -3.14. The van der Waals surface area contributed by atoms with E-state index in [1.165, 1.54) is 10.3 Å². The minimum absolute atomic E-state index is 0.236. The Kier molecular flexibility index (Phi) is 5.35. The zero-order valence-corrected chi connectivity index (χ0v) is 22.6. The summed E-state index contributed by atoms with van der Waals surface area (Å²) in [6, 6.07) is 6.89. The molecule has 1 saturated heterocycles. The summed E-state index contributed by atoms with van der Waals surface area (Å²) in [5.41, 5.74) is 1.58. The Labute approximate surface area is 217 Å². The van der Waals surface area contributed by atoms with Crippen molar-refractivity contribution in [2.75, 3.05) is 24.5 Å². The van der Waals surface area contributed by atoms with Gasteiger partial charge in [0.1, 0.15) is 17.7 Å². The number of carbonyl (C=O) groups is 1. The predicted octanol–water partition coefficient (Wildman–Crippen LogP) is 4.44. The highest BCUT2D eigenvalue weighted by Gasteiger charge is 2.54. The molecule has 10 heteroatoms. The van der Waals surface area contributed by atoms with E-state index in [9.17, 15) is 13.2 Å². The summed E-state index contributed by atoms with van der Waals surface area (Å²) in [6.45, 7) is 9.33. The maximum Gasteiger partial charge on any atom is 0.410 e. The van der Waals surface area contributed by atoms with Crippen molar-refractivity contribution in [2.45, 2.75) is 75.3 Å². The van der Waals surface area contributed by atoms with E-state index in [4.69, 9.17) is 4.74 Å². The van der Waals surface area contributed by atoms with Crippen molar-refractivity contribution in [3.05, 3.63) is 47.9 Å². The van der Waals surface area contributed by atoms with E-state index in [-0.39, 0.29) is 16.5 Å². The van der Waals surface area contributed by atoms with Gasteiger partial charge < -0.3 is 9.64 Å². The molecule has 196 valence electrons. The van der Waals surface area contributed by atoms with Crippen molar-refractivity contribution in [3.8, 4) is 0 Å². The van der Waals surface area contributed by atoms with E-state index in [1.54, 1.807) is 30.5 Å². The fourth-order valence-electron chi connectivity index (χ4n) is 5.33. The normalized spacial score (nSPS) is 19.5. The molecule has 1 aliphatic heterocycles. The first-order valence-electron chi connectivity index (χ1n) is 12.9. The molecule has 0 atom stereocenters. The summed E-state index contributed by atoms with van der Waals surface area (Å²) in [4.78, 5) is 26.4. The van der Waals surface area contributed by atoms with Gasteiger partial charge in [0.15, 0.2) is 5.65 Å². The number of amides is 1. The molecule has 3 aromatic rings. The van der Waals surface area contributed by atoms with Crippen LogP contribution in [0.1, 0.15) is 63.5 Å². The summed E-state index contributed by atoms with van der Waals surface area (Å²) in [5, 5.41) is 0.808. The van der Waals surface area contributed by atoms with Crippen molar-refractivity contribution in [1.29, 1.82) is 0 Å². The second kappa shape index (κ2) is 8.18. The van der Waals surface area contributed by atoms with Crippen molar-refractivity contribution >= 4 is 33.0 Å². The molecule has 2 aromatic heterocycles. The number of hydrogen-bond donors (Lipinski definition) is 0. The van der Waals surface area contributed by atoms with Crippen molar-refractivity contribution in [3.63, 3.8) is 0 Å². The van der Waals surface area contributed by atoms with Crippen molar-refractivity contribution in [2.24, 2.45) is 0 Å². The molecule has 9 nitrogen and oxygen atoms in total. The van der Waals surface area contributed by atoms with E-state index in [2.05, 4.69) is 14.9 Å². The fourth-order valence-corrected chi connectivity index (χ4v) is 6.65. The van der Waals surface area contributed by atoms with Crippen LogP contribution in [0.15, 0.2) is 41.7 Å². The van der Waals surface area contributed by atoms with E-state index in [0.717, 1.165) is 48.0 Å². The number of anilines is 1. The predicted molar refractivity (Wildman–Crippen MR) is 140 cm³/mol. The average molecular weight is 524 g/mol. The van der Waals surface area contributed by atoms with Gasteiger partial charge in [0.05, 0.1) is 15.8 Å². The summed E-state index contributed by atoms with van der Waals surface area (Å²) >= 11 is 0. The molecule has 1 aromatic carbocycles. The number of benzene rings is 1. The lowest BCUT2D eigenvalue weighted by Crippen LogP contribution is -2.58. The van der Waals surface area contributed by atoms with Crippen LogP contribution in [0.4, 0.5) is 10.6 Å². The fraction of sp³-hybridized carbons (Fsp3) is 0.519. The number of aromatic nitrogens is 3. The van der Waals surface area contributed by atoms with E-state index >= 15 is 0 Å². The highest BCUT2D eigenvalue weighted by molar-refractivity contribution is 7.90. The lowest BCUT2D eigenvalue weighted by Gasteiger charge is -2.43. The number of carbonyl (C=O) groups excluding carboxylic acids is 1. The van der Waals surface area contributed by atoms with Crippen LogP contribution in [0.3, 0.4) is 0 Å². The first-order valence-corrected chi connectivity index (χ1v) is 14.4. The van der Waals surface area contributed by atoms with Gasteiger partial charge in [-0.05, 0) is 77.0 Å². The molecular weight excluding hydrogens is 490 g/mol. The van der Waals surface area contributed by atoms with Crippen LogP contribution >= 0.6 is 0 Å². The number of fused-ring (bicyclic) bond motifs is 1. The van der Waals surface area contributed by atoms with Crippen LogP contribution in [-0.4, -0.2) is 64.1 Å². The second-order valence-corrected chi connectivity index (χ2v) is 13.5. The Balaban J connectivity index is 1.39. The minimum Gasteiger partial charge on any atom is -0.444 e. The first kappa shape index (κ1) is 24.2. The zero-order chi connectivity index (χ0) is 26.2. The smallest absolute Gasteiger partial charge is 0.410 e. The number of hydrogen-bond acceptors (Lipinski definition) is 7. The molecule has 37 heavy (non-hydrogen) atoms. The minimum atomic E-state index is -3.82. The molecule has 3 aliphatic rings. The third-order valence-electron chi connectivity index (χ3n) is 7.55. The highest BCUT2D eigenvalue weighted by Crippen LogP contribution is 2.49. The number of ether oxygens (including phenoxy) is 1. The molecule has 3 heterocycles. The van der Waals surface area contributed by atoms with Gasteiger partial charge in [-0.2, -0.15) is 0 Å². The van der Waals surface area contributed by atoms with Crippen molar-refractivity contribution in [1.82, 2.24) is 18.8 Å². The van der Waals surface area contributed by atoms with E-state index in [0.29, 0.717) is 31.2 Å². The van der Waals surface area contributed by atoms with Crippen LogP contribution in [0.25, 0.3) is 11.0 Å². The van der Waals surface area contributed by atoms with Gasteiger partial charge in [-0.15, -0.1) is 0 Å². The Bertz CT molecular complexity index is 1480. The molecule has 1 amide bonds. The van der Waals surface area contributed by atoms with Crippen LogP contribution in [0.5, 0.6) is 0 Å². The topological polar surface area (TPSA) is 97.6 Å². The lowest BCUT2D eigenvalue weighted by atomic mass is 10.1. The third-order valence-corrected chi connectivity index (χ3v) is 9.21. The quantitative estimate of drug-likeness (QED) is 0.499. The Morgan fingerprint density at radius 1 is 1.08 bits per heavy atom. The maximum absolute atomic E-state index is 13.7. The van der Waals surface area contributed by atoms with E-state index < -0.39 is 15.6 Å². The molecule has 0 unspecified atom stereocenters. The molecule has 0 bridgehead atoms. The van der Waals surface area contributed by atoms with Gasteiger partial charge in [0.2, 0.25) is 0 Å². The zero-order valence-electron chi connectivity index (χ0n) is 21.8. The molecule has 2 aliphatic carbocycles. The summed E-state index contributed by atoms with van der Waals surface area (Å²) in [5.74, 6) is 1.06. The van der Waals surface area contributed by atoms with Crippen LogP contribution < -0.4 is 4.90 Å². The Morgan fingerprint density at radius 2 is 1.78 bits per heavy atom. The van der Waals surface area contributed by atoms with Gasteiger partial charge >= 0.3 is 6.09 Å². The standard InChI is InChI=1S/C27H33N5O4S/c1-18-5-9-20(10-6-18)37(34,35)32-15-21(19-7-8-19)22-23(28-17-29-24(22)32)30-13-14-31(27(16-30)11-12-27)25(33)36-26(2,3)4/h5-6,9-10,15,17,19H,7-8,11-14,16H2,1-4H3. The number of aryl methyl sites for hydroxylation is 1. The maximum atomic E-state index is 13.7. The second-order valence-electron chi connectivity index (χ2n) is 11.6. The lowest BCUT2D eigenvalue weighted by molar-refractivity contribution is 0.0106. The molecule has 6 rings (SSSR count). The number of piperazine rings is 1. The molecule has 1 spiro atoms. The number of rotatable bonds is 4. The van der Waals surface area contributed by atoms with E-state index in [1.807, 2.05) is 32.6 Å². The molecule has 0 N–H and O–H groups in total. The van der Waals surface area contributed by atoms with Gasteiger partial charge in [0, 0.05) is 25.8 Å². The van der Waals surface area contributed by atoms with Gasteiger partial charge in [0.25, 0.3) is 10.0 Å². The van der Waals surface area contributed by atoms with Gasteiger partial charge in [-0.3, -0.25) is 4.90 Å². The third kappa shape index (κ3) is 4.24. The van der Waals surface area contributed by atoms with Gasteiger partial charge in [-0.25, -0.2) is 27.2 Å². The highest BCUT2D eigenvalue weighted by atomic mass is 32.2. The van der Waals surface area contributed by atoms with Gasteiger partial charge in [-0.1, -0.05) is 17.7 Å². The molecule has 3 fully saturated rings. The first-order chi connectivity index (χ1) is 17.5.